The molecule has 0 aromatic heterocycles. The average Bonchev–Trinajstić information content (AvgIpc) is 2.54. The van der Waals surface area contributed by atoms with Gasteiger partial charge in [-0.3, -0.25) is 5.32 Å². The Labute approximate surface area is 144 Å². The van der Waals surface area contributed by atoms with Crippen LogP contribution in [0.5, 0.6) is 5.75 Å². The summed E-state index contributed by atoms with van der Waals surface area (Å²) in [6.45, 7) is 6.03. The van der Waals surface area contributed by atoms with Crippen molar-refractivity contribution in [1.82, 2.24) is 0 Å². The highest BCUT2D eigenvalue weighted by molar-refractivity contribution is 6.33. The Kier molecular flexibility index (Phi) is 7.51. The number of amides is 1. The molecule has 2 atom stereocenters. The van der Waals surface area contributed by atoms with E-state index in [2.05, 4.69) is 16.6 Å². The highest BCUT2D eigenvalue weighted by Crippen LogP contribution is 2.27. The quantitative estimate of drug-likeness (QED) is 0.593. The fraction of sp³-hybridized carbons (Fsp3) is 0.375. The van der Waals surface area contributed by atoms with Gasteiger partial charge in [-0.15, -0.1) is 0 Å². The minimum atomic E-state index is -1.22. The number of nitrogens with one attached hydrogen (secondary N) is 1. The topological polar surface area (TPSA) is 73.9 Å². The number of methoxy groups -OCH3 is 1. The Morgan fingerprint density at radius 1 is 1.42 bits per heavy atom. The number of ether oxygens (including phenoxy) is 3. The molecule has 0 bridgehead atoms. The van der Waals surface area contributed by atoms with Gasteiger partial charge < -0.3 is 14.2 Å². The lowest BCUT2D eigenvalue weighted by Gasteiger charge is -2.17. The van der Waals surface area contributed by atoms with E-state index in [-0.39, 0.29) is 10.7 Å². The van der Waals surface area contributed by atoms with Gasteiger partial charge in [-0.05, 0) is 31.6 Å². The van der Waals surface area contributed by atoms with Crippen LogP contribution in [-0.4, -0.2) is 38.1 Å². The number of anilines is 1. The van der Waals surface area contributed by atoms with E-state index in [9.17, 15) is 14.0 Å². The molecule has 0 heterocycles. The van der Waals surface area contributed by atoms with Crippen molar-refractivity contribution in [2.45, 2.75) is 26.1 Å². The predicted octanol–water partition coefficient (Wildman–Crippen LogP) is 3.74. The van der Waals surface area contributed by atoms with E-state index in [1.807, 2.05) is 0 Å². The van der Waals surface area contributed by atoms with Crippen LogP contribution in [0.3, 0.4) is 0 Å². The van der Waals surface area contributed by atoms with E-state index in [0.717, 1.165) is 0 Å². The van der Waals surface area contributed by atoms with Gasteiger partial charge in [0.15, 0.2) is 0 Å². The number of benzene rings is 1. The molecule has 0 fully saturated rings. The molecule has 1 rings (SSSR count). The molecule has 1 aromatic carbocycles. The van der Waals surface area contributed by atoms with Crippen LogP contribution in [0.1, 0.15) is 13.8 Å². The maximum Gasteiger partial charge on any atom is 0.412 e. The standard InChI is InChI=1S/C16H19ClFNO5/c1-9(2)14(15(20)22-4)24-16(21)19-13-6-5-11(7-12(13)17)23-10(3)8-18/h5-7,10,14H,1,8H2,2-4H3,(H,19,21). The summed E-state index contributed by atoms with van der Waals surface area (Å²) >= 11 is 6.04. The van der Waals surface area contributed by atoms with Crippen LogP contribution in [-0.2, 0) is 14.3 Å². The average molecular weight is 360 g/mol. The number of esters is 1. The summed E-state index contributed by atoms with van der Waals surface area (Å²) in [5.41, 5.74) is 0.555. The molecule has 24 heavy (non-hydrogen) atoms. The zero-order valence-electron chi connectivity index (χ0n) is 13.6. The van der Waals surface area contributed by atoms with Gasteiger partial charge >= 0.3 is 12.1 Å². The largest absolute Gasteiger partial charge is 0.488 e. The fourth-order valence-corrected chi connectivity index (χ4v) is 1.86. The van der Waals surface area contributed by atoms with E-state index < -0.39 is 30.9 Å². The molecule has 6 nitrogen and oxygen atoms in total. The first kappa shape index (κ1) is 19.8. The fourth-order valence-electron chi connectivity index (χ4n) is 1.64. The molecule has 1 aromatic rings. The Balaban J connectivity index is 2.76. The van der Waals surface area contributed by atoms with Gasteiger partial charge in [-0.2, -0.15) is 0 Å². The predicted molar refractivity (Wildman–Crippen MR) is 88.2 cm³/mol. The summed E-state index contributed by atoms with van der Waals surface area (Å²) < 4.78 is 27.2. The lowest BCUT2D eigenvalue weighted by atomic mass is 10.2. The number of carbonyl (C=O) groups excluding carboxylic acids is 2. The van der Waals surface area contributed by atoms with Gasteiger partial charge in [0.25, 0.3) is 0 Å². The first-order chi connectivity index (χ1) is 11.3. The zero-order chi connectivity index (χ0) is 18.3. The molecule has 0 saturated heterocycles. The highest BCUT2D eigenvalue weighted by atomic mass is 35.5. The molecule has 2 unspecified atom stereocenters. The second-order valence-electron chi connectivity index (χ2n) is 5.00. The number of hydrogen-bond acceptors (Lipinski definition) is 5. The number of rotatable bonds is 7. The van der Waals surface area contributed by atoms with E-state index in [1.165, 1.54) is 32.2 Å². The third-order valence-corrected chi connectivity index (χ3v) is 3.13. The molecule has 8 heteroatoms. The number of hydrogen-bond donors (Lipinski definition) is 1. The molecule has 1 N–H and O–H groups in total. The van der Waals surface area contributed by atoms with E-state index in [1.54, 1.807) is 6.92 Å². The minimum absolute atomic E-state index is 0.167. The summed E-state index contributed by atoms with van der Waals surface area (Å²) in [6.07, 6.45) is -2.73. The molecule has 0 aliphatic carbocycles. The summed E-state index contributed by atoms with van der Waals surface area (Å²) in [5, 5.41) is 2.56. The molecule has 1 amide bonds. The van der Waals surface area contributed by atoms with Crippen molar-refractivity contribution >= 4 is 29.4 Å². The van der Waals surface area contributed by atoms with Gasteiger partial charge in [0.2, 0.25) is 6.10 Å². The Hall–Kier alpha value is -2.28. The second kappa shape index (κ2) is 9.12. The molecule has 0 radical (unpaired) electrons. The molecular formula is C16H19ClFNO5. The monoisotopic (exact) mass is 359 g/mol. The van der Waals surface area contributed by atoms with Crippen molar-refractivity contribution in [3.8, 4) is 5.75 Å². The third-order valence-electron chi connectivity index (χ3n) is 2.82. The van der Waals surface area contributed by atoms with Crippen molar-refractivity contribution in [1.29, 1.82) is 0 Å². The van der Waals surface area contributed by atoms with E-state index >= 15 is 0 Å². The highest BCUT2D eigenvalue weighted by Gasteiger charge is 2.25. The van der Waals surface area contributed by atoms with Gasteiger partial charge in [0.05, 0.1) is 17.8 Å². The Morgan fingerprint density at radius 3 is 2.58 bits per heavy atom. The van der Waals surface area contributed by atoms with Crippen LogP contribution in [0.25, 0.3) is 0 Å². The van der Waals surface area contributed by atoms with Crippen LogP contribution >= 0.6 is 11.6 Å². The van der Waals surface area contributed by atoms with Crippen molar-refractivity contribution in [3.63, 3.8) is 0 Å². The van der Waals surface area contributed by atoms with Crippen LogP contribution in [0.2, 0.25) is 5.02 Å². The van der Waals surface area contributed by atoms with Crippen molar-refractivity contribution in [2.75, 3.05) is 19.1 Å². The smallest absolute Gasteiger partial charge is 0.412 e. The van der Waals surface area contributed by atoms with Crippen molar-refractivity contribution < 1.29 is 28.2 Å². The van der Waals surface area contributed by atoms with Crippen LogP contribution in [0.4, 0.5) is 14.9 Å². The van der Waals surface area contributed by atoms with Crippen LogP contribution < -0.4 is 10.1 Å². The van der Waals surface area contributed by atoms with E-state index in [0.29, 0.717) is 11.3 Å². The normalized spacial score (nSPS) is 12.7. The molecule has 0 aliphatic rings. The summed E-state index contributed by atoms with van der Waals surface area (Å²) in [6, 6.07) is 4.42. The van der Waals surface area contributed by atoms with Crippen molar-refractivity contribution in [3.05, 3.63) is 35.4 Å². The summed E-state index contributed by atoms with van der Waals surface area (Å²) in [7, 11) is 1.17. The van der Waals surface area contributed by atoms with Crippen LogP contribution in [0.15, 0.2) is 30.4 Å². The number of carbonyl (C=O) groups is 2. The van der Waals surface area contributed by atoms with Gasteiger partial charge in [-0.1, -0.05) is 18.2 Å². The number of halogens is 2. The lowest BCUT2D eigenvalue weighted by Crippen LogP contribution is -2.31. The maximum atomic E-state index is 12.4. The third kappa shape index (κ3) is 5.73. The molecule has 0 spiro atoms. The molecule has 0 saturated carbocycles. The first-order valence-electron chi connectivity index (χ1n) is 7.01. The van der Waals surface area contributed by atoms with Gasteiger partial charge in [0.1, 0.15) is 18.5 Å². The summed E-state index contributed by atoms with van der Waals surface area (Å²) in [4.78, 5) is 23.4. The minimum Gasteiger partial charge on any atom is -0.488 e. The van der Waals surface area contributed by atoms with Crippen LogP contribution in [0, 0.1) is 0 Å². The summed E-state index contributed by atoms with van der Waals surface area (Å²) in [5.74, 6) is -0.383. The second-order valence-corrected chi connectivity index (χ2v) is 5.41. The Bertz CT molecular complexity index is 622. The van der Waals surface area contributed by atoms with Gasteiger partial charge in [-0.25, -0.2) is 14.0 Å². The van der Waals surface area contributed by atoms with E-state index in [4.69, 9.17) is 21.1 Å². The maximum absolute atomic E-state index is 12.4. The molecule has 0 aliphatic heterocycles. The SMILES string of the molecule is C=C(C)C(OC(=O)Nc1ccc(OC(C)CF)cc1Cl)C(=O)OC. The Morgan fingerprint density at radius 2 is 2.08 bits per heavy atom. The molecular weight excluding hydrogens is 341 g/mol. The van der Waals surface area contributed by atoms with Crippen molar-refractivity contribution in [2.24, 2.45) is 0 Å². The molecule has 132 valence electrons. The first-order valence-corrected chi connectivity index (χ1v) is 7.39. The number of alkyl halides is 1. The lowest BCUT2D eigenvalue weighted by molar-refractivity contribution is -0.148. The van der Waals surface area contributed by atoms with Gasteiger partial charge in [0, 0.05) is 6.07 Å². The zero-order valence-corrected chi connectivity index (χ0v) is 14.4.